The van der Waals surface area contributed by atoms with Gasteiger partial charge in [0.2, 0.25) is 0 Å². The van der Waals surface area contributed by atoms with E-state index in [1.54, 1.807) is 64.3 Å². The molecule has 2 aromatic rings. The first-order valence-electron chi connectivity index (χ1n) is 7.45. The molecule has 0 saturated carbocycles. The molecule has 0 atom stereocenters. The van der Waals surface area contributed by atoms with Gasteiger partial charge in [-0.2, -0.15) is 0 Å². The fraction of sp³-hybridized carbons (Fsp3) is 0.333. The predicted molar refractivity (Wildman–Crippen MR) is 97.0 cm³/mol. The topological polar surface area (TPSA) is 57.5 Å². The fourth-order valence-electron chi connectivity index (χ4n) is 2.18. The largest absolute Gasteiger partial charge is 0.497 e. The number of carbonyl (C=O) groups excluding carboxylic acids is 1. The third-order valence-electron chi connectivity index (χ3n) is 3.28. The van der Waals surface area contributed by atoms with Crippen LogP contribution >= 0.6 is 15.9 Å². The summed E-state index contributed by atoms with van der Waals surface area (Å²) in [6.45, 7) is 5.28. The molecule has 0 aliphatic rings. The molecule has 1 aromatic carbocycles. The molecule has 24 heavy (non-hydrogen) atoms. The van der Waals surface area contributed by atoms with E-state index in [1.807, 2.05) is 0 Å². The number of benzene rings is 1. The van der Waals surface area contributed by atoms with Gasteiger partial charge in [0.15, 0.2) is 0 Å². The normalized spacial score (nSPS) is 11.2. The van der Waals surface area contributed by atoms with Crippen LogP contribution in [0.25, 0.3) is 11.1 Å². The van der Waals surface area contributed by atoms with E-state index in [2.05, 4.69) is 15.9 Å². The summed E-state index contributed by atoms with van der Waals surface area (Å²) in [5.74, 6) is 0.697. The van der Waals surface area contributed by atoms with E-state index in [1.165, 1.54) is 0 Å². The van der Waals surface area contributed by atoms with Crippen LogP contribution in [0.1, 0.15) is 26.5 Å². The van der Waals surface area contributed by atoms with Crippen molar-refractivity contribution in [1.29, 1.82) is 0 Å². The van der Waals surface area contributed by atoms with Crippen molar-refractivity contribution in [2.24, 2.45) is 0 Å². The van der Waals surface area contributed by atoms with Gasteiger partial charge in [-0.05, 0) is 50.6 Å². The van der Waals surface area contributed by atoms with E-state index in [0.29, 0.717) is 27.9 Å². The Morgan fingerprint density at radius 1 is 1.12 bits per heavy atom. The molecule has 6 heteroatoms. The first-order valence-corrected chi connectivity index (χ1v) is 8.57. The lowest BCUT2D eigenvalue weighted by molar-refractivity contribution is 0.0527. The highest BCUT2D eigenvalue weighted by atomic mass is 79.9. The maximum absolute atomic E-state index is 12.8. The third kappa shape index (κ3) is 4.06. The number of aromatic nitrogens is 1. The smallest absolute Gasteiger partial charge is 0.421 e. The maximum atomic E-state index is 12.8. The molecule has 1 aromatic heterocycles. The van der Waals surface area contributed by atoms with E-state index >= 15 is 0 Å². The van der Waals surface area contributed by atoms with Gasteiger partial charge in [-0.25, -0.2) is 9.36 Å². The lowest BCUT2D eigenvalue weighted by Gasteiger charge is -2.21. The van der Waals surface area contributed by atoms with Crippen molar-refractivity contribution >= 4 is 22.0 Å². The molecule has 0 bridgehead atoms. The molecule has 0 aliphatic carbocycles. The lowest BCUT2D eigenvalue weighted by atomic mass is 10.1. The Kier molecular flexibility index (Phi) is 5.49. The highest BCUT2D eigenvalue weighted by molar-refractivity contribution is 9.08. The van der Waals surface area contributed by atoms with Crippen LogP contribution in [0, 0.1) is 0 Å². The molecular weight excluding hydrogens is 374 g/mol. The minimum atomic E-state index is -0.684. The molecule has 0 amide bonds. The molecule has 0 unspecified atom stereocenters. The van der Waals surface area contributed by atoms with Gasteiger partial charge >= 0.3 is 6.09 Å². The number of halogens is 1. The van der Waals surface area contributed by atoms with E-state index in [0.717, 1.165) is 4.57 Å². The number of methoxy groups -OCH3 is 1. The molecule has 0 radical (unpaired) electrons. The number of alkyl halides is 1. The second-order valence-electron chi connectivity index (χ2n) is 6.22. The van der Waals surface area contributed by atoms with Crippen molar-refractivity contribution in [3.63, 3.8) is 0 Å². The van der Waals surface area contributed by atoms with Gasteiger partial charge in [-0.3, -0.25) is 4.79 Å². The summed E-state index contributed by atoms with van der Waals surface area (Å²) in [5, 5.41) is 0.365. The van der Waals surface area contributed by atoms with Crippen molar-refractivity contribution in [3.05, 3.63) is 52.4 Å². The minimum Gasteiger partial charge on any atom is -0.497 e. The summed E-state index contributed by atoms with van der Waals surface area (Å²) in [6.07, 6.45) is -0.683. The molecule has 5 nitrogen and oxygen atoms in total. The van der Waals surface area contributed by atoms with Crippen LogP contribution in [0.4, 0.5) is 4.79 Å². The van der Waals surface area contributed by atoms with Crippen molar-refractivity contribution < 1.29 is 14.3 Å². The third-order valence-corrected chi connectivity index (χ3v) is 3.85. The number of ether oxygens (including phenoxy) is 2. The average Bonchev–Trinajstić information content (AvgIpc) is 2.52. The number of rotatable bonds is 3. The summed E-state index contributed by atoms with van der Waals surface area (Å²) in [4.78, 5) is 25.3. The van der Waals surface area contributed by atoms with Crippen LogP contribution in [-0.2, 0) is 10.1 Å². The van der Waals surface area contributed by atoms with Gasteiger partial charge < -0.3 is 9.47 Å². The highest BCUT2D eigenvalue weighted by Crippen LogP contribution is 2.21. The Morgan fingerprint density at radius 2 is 1.75 bits per heavy atom. The van der Waals surface area contributed by atoms with Gasteiger partial charge in [0.05, 0.1) is 7.11 Å². The first-order chi connectivity index (χ1) is 11.3. The second-order valence-corrected chi connectivity index (χ2v) is 6.78. The van der Waals surface area contributed by atoms with Crippen LogP contribution in [0.2, 0.25) is 0 Å². The summed E-state index contributed by atoms with van der Waals surface area (Å²) in [5.41, 5.74) is 0.571. The standard InChI is InChI=1S/C18H20BrNO4/c1-18(2,3)24-17(22)20-13(11-19)7-10-15(16(20)21)12-5-8-14(23-4)9-6-12/h5-10H,11H2,1-4H3. The molecule has 0 aliphatic heterocycles. The summed E-state index contributed by atoms with van der Waals surface area (Å²) in [6, 6.07) is 10.5. The molecule has 1 heterocycles. The number of pyridine rings is 1. The quantitative estimate of drug-likeness (QED) is 0.733. The van der Waals surface area contributed by atoms with Gasteiger partial charge in [0.1, 0.15) is 11.4 Å². The van der Waals surface area contributed by atoms with E-state index < -0.39 is 17.3 Å². The molecule has 0 saturated heterocycles. The Hall–Kier alpha value is -2.08. The second kappa shape index (κ2) is 7.21. The van der Waals surface area contributed by atoms with E-state index in [-0.39, 0.29) is 0 Å². The first kappa shape index (κ1) is 18.3. The highest BCUT2D eigenvalue weighted by Gasteiger charge is 2.22. The van der Waals surface area contributed by atoms with Crippen molar-refractivity contribution in [2.75, 3.05) is 7.11 Å². The maximum Gasteiger partial charge on any atom is 0.421 e. The molecule has 128 valence electrons. The predicted octanol–water partition coefficient (Wildman–Crippen LogP) is 4.20. The molecule has 2 rings (SSSR count). The average molecular weight is 394 g/mol. The summed E-state index contributed by atoms with van der Waals surface area (Å²) >= 11 is 3.31. The zero-order valence-electron chi connectivity index (χ0n) is 14.1. The molecule has 0 fully saturated rings. The van der Waals surface area contributed by atoms with Crippen LogP contribution in [-0.4, -0.2) is 23.4 Å². The Labute approximate surface area is 149 Å². The number of hydrogen-bond acceptors (Lipinski definition) is 4. The molecule has 0 spiro atoms. The summed E-state index contributed by atoms with van der Waals surface area (Å²) < 4.78 is 11.6. The Morgan fingerprint density at radius 3 is 2.25 bits per heavy atom. The van der Waals surface area contributed by atoms with Gasteiger partial charge in [0, 0.05) is 16.6 Å². The minimum absolute atomic E-state index is 0.365. The zero-order valence-corrected chi connectivity index (χ0v) is 15.7. The van der Waals surface area contributed by atoms with Crippen LogP contribution in [0.5, 0.6) is 5.75 Å². The van der Waals surface area contributed by atoms with Crippen LogP contribution in [0.3, 0.4) is 0 Å². The van der Waals surface area contributed by atoms with Crippen molar-refractivity contribution in [3.8, 4) is 16.9 Å². The van der Waals surface area contributed by atoms with Gasteiger partial charge in [-0.15, -0.1) is 0 Å². The molecular formula is C18H20BrNO4. The van der Waals surface area contributed by atoms with Crippen LogP contribution in [0.15, 0.2) is 41.2 Å². The number of carbonyl (C=O) groups is 1. The van der Waals surface area contributed by atoms with Gasteiger partial charge in [-0.1, -0.05) is 28.1 Å². The van der Waals surface area contributed by atoms with Crippen LogP contribution < -0.4 is 10.3 Å². The zero-order chi connectivity index (χ0) is 17.9. The number of nitrogens with zero attached hydrogens (tertiary/aromatic N) is 1. The van der Waals surface area contributed by atoms with E-state index in [9.17, 15) is 9.59 Å². The molecule has 0 N–H and O–H groups in total. The van der Waals surface area contributed by atoms with Crippen molar-refractivity contribution in [1.82, 2.24) is 4.57 Å². The number of hydrogen-bond donors (Lipinski definition) is 0. The Balaban J connectivity index is 2.54. The Bertz CT molecular complexity index is 788. The SMILES string of the molecule is COc1ccc(-c2ccc(CBr)n(C(=O)OC(C)(C)C)c2=O)cc1. The summed E-state index contributed by atoms with van der Waals surface area (Å²) in [7, 11) is 1.58. The van der Waals surface area contributed by atoms with E-state index in [4.69, 9.17) is 9.47 Å². The lowest BCUT2D eigenvalue weighted by Crippen LogP contribution is -2.35. The van der Waals surface area contributed by atoms with Crippen molar-refractivity contribution in [2.45, 2.75) is 31.7 Å². The van der Waals surface area contributed by atoms with Gasteiger partial charge in [0.25, 0.3) is 5.56 Å². The monoisotopic (exact) mass is 393 g/mol. The fourth-order valence-corrected chi connectivity index (χ4v) is 2.62.